The smallest absolute Gasteiger partial charge is 0.291 e. The highest BCUT2D eigenvalue weighted by molar-refractivity contribution is 7.17. The van der Waals surface area contributed by atoms with Crippen LogP contribution in [0.25, 0.3) is 10.8 Å². The van der Waals surface area contributed by atoms with E-state index >= 15 is 0 Å². The minimum Gasteiger partial charge on any atom is -0.486 e. The van der Waals surface area contributed by atoms with Gasteiger partial charge in [-0.15, -0.1) is 11.3 Å². The normalized spacial score (nSPS) is 15.5. The summed E-state index contributed by atoms with van der Waals surface area (Å²) in [6.45, 7) is 6.92. The lowest BCUT2D eigenvalue weighted by molar-refractivity contribution is 0.0993. The number of amides is 2. The number of anilines is 1. The Kier molecular flexibility index (Phi) is 6.35. The number of furan rings is 1. The number of benzene rings is 2. The van der Waals surface area contributed by atoms with Crippen LogP contribution >= 0.6 is 11.3 Å². The quantitative estimate of drug-likeness (QED) is 0.311. The van der Waals surface area contributed by atoms with Crippen molar-refractivity contribution in [2.45, 2.75) is 46.6 Å². The van der Waals surface area contributed by atoms with Crippen LogP contribution in [0.4, 0.5) is 5.00 Å². The molecule has 2 heterocycles. The van der Waals surface area contributed by atoms with E-state index in [2.05, 4.69) is 26.1 Å². The highest BCUT2D eigenvalue weighted by atomic mass is 32.1. The summed E-state index contributed by atoms with van der Waals surface area (Å²) >= 11 is 1.45. The largest absolute Gasteiger partial charge is 0.486 e. The molecule has 2 aromatic heterocycles. The molecule has 2 amide bonds. The zero-order valence-corrected chi connectivity index (χ0v) is 21.5. The van der Waals surface area contributed by atoms with Crippen molar-refractivity contribution < 1.29 is 18.7 Å². The van der Waals surface area contributed by atoms with Crippen LogP contribution in [0.2, 0.25) is 0 Å². The number of thiophene rings is 1. The average molecular weight is 503 g/mol. The summed E-state index contributed by atoms with van der Waals surface area (Å²) in [4.78, 5) is 26.4. The van der Waals surface area contributed by atoms with Crippen molar-refractivity contribution in [3.05, 3.63) is 82.1 Å². The Bertz CT molecular complexity index is 1440. The molecule has 3 N–H and O–H groups in total. The highest BCUT2D eigenvalue weighted by Gasteiger charge is 2.33. The van der Waals surface area contributed by atoms with Gasteiger partial charge in [0, 0.05) is 4.88 Å². The second kappa shape index (κ2) is 9.47. The minimum absolute atomic E-state index is 0.154. The van der Waals surface area contributed by atoms with Gasteiger partial charge in [-0.3, -0.25) is 9.59 Å². The third-order valence-corrected chi connectivity index (χ3v) is 8.12. The highest BCUT2D eigenvalue weighted by Crippen LogP contribution is 2.44. The predicted molar refractivity (Wildman–Crippen MR) is 143 cm³/mol. The van der Waals surface area contributed by atoms with Gasteiger partial charge in [0.1, 0.15) is 23.1 Å². The zero-order valence-electron chi connectivity index (χ0n) is 20.7. The van der Waals surface area contributed by atoms with Crippen LogP contribution in [0.5, 0.6) is 5.75 Å². The van der Waals surface area contributed by atoms with E-state index in [-0.39, 0.29) is 17.8 Å². The summed E-state index contributed by atoms with van der Waals surface area (Å²) in [5.74, 6) is 0.993. The number of carbonyl (C=O) groups is 2. The van der Waals surface area contributed by atoms with Crippen molar-refractivity contribution >= 4 is 38.9 Å². The van der Waals surface area contributed by atoms with Crippen molar-refractivity contribution in [2.75, 3.05) is 5.32 Å². The Morgan fingerprint density at radius 3 is 2.64 bits per heavy atom. The van der Waals surface area contributed by atoms with Crippen LogP contribution in [0, 0.1) is 11.3 Å². The number of fused-ring (bicyclic) bond motifs is 2. The Labute approximate surface area is 214 Å². The Morgan fingerprint density at radius 1 is 1.11 bits per heavy atom. The lowest BCUT2D eigenvalue weighted by Gasteiger charge is -2.33. The van der Waals surface area contributed by atoms with Crippen molar-refractivity contribution in [1.82, 2.24) is 0 Å². The molecule has 1 atom stereocenters. The summed E-state index contributed by atoms with van der Waals surface area (Å²) in [7, 11) is 0. The molecule has 1 aliphatic carbocycles. The summed E-state index contributed by atoms with van der Waals surface area (Å²) in [5.41, 5.74) is 7.32. The predicted octanol–water partition coefficient (Wildman–Crippen LogP) is 6.58. The van der Waals surface area contributed by atoms with E-state index in [0.717, 1.165) is 46.2 Å². The molecule has 0 fully saturated rings. The van der Waals surface area contributed by atoms with Crippen molar-refractivity contribution in [3.63, 3.8) is 0 Å². The molecular formula is C29H30N2O4S. The number of primary amides is 1. The standard InChI is InChI=1S/C29H30N2O4S/c1-29(2,3)19-9-12-22-24(15-19)36-28(25(22)26(30)32)31-27(33)23-13-11-21(35-23)16-34-20-10-8-17-6-4-5-7-18(17)14-20/h4-8,10-11,13-14,19H,9,12,15-16H2,1-3H3,(H2,30,32)(H,31,33). The van der Waals surface area contributed by atoms with E-state index in [4.69, 9.17) is 14.9 Å². The van der Waals surface area contributed by atoms with E-state index in [0.29, 0.717) is 22.2 Å². The first-order valence-electron chi connectivity index (χ1n) is 12.1. The minimum atomic E-state index is -0.513. The van der Waals surface area contributed by atoms with Gasteiger partial charge in [0.05, 0.1) is 5.56 Å². The number of nitrogens with two attached hydrogens (primary N) is 1. The van der Waals surface area contributed by atoms with Crippen LogP contribution in [0.15, 0.2) is 59.0 Å². The van der Waals surface area contributed by atoms with Gasteiger partial charge in [-0.25, -0.2) is 0 Å². The fraction of sp³-hybridized carbons (Fsp3) is 0.310. The Balaban J connectivity index is 1.28. The molecule has 0 radical (unpaired) electrons. The lowest BCUT2D eigenvalue weighted by Crippen LogP contribution is -2.27. The van der Waals surface area contributed by atoms with Gasteiger partial charge >= 0.3 is 0 Å². The van der Waals surface area contributed by atoms with Crippen LogP contribution < -0.4 is 15.8 Å². The number of hydrogen-bond donors (Lipinski definition) is 2. The molecule has 0 aliphatic heterocycles. The number of rotatable bonds is 6. The molecule has 0 bridgehead atoms. The molecule has 2 aromatic carbocycles. The van der Waals surface area contributed by atoms with E-state index in [1.807, 2.05) is 42.5 Å². The van der Waals surface area contributed by atoms with Crippen molar-refractivity contribution in [3.8, 4) is 5.75 Å². The molecular weight excluding hydrogens is 472 g/mol. The van der Waals surface area contributed by atoms with Gasteiger partial charge in [-0.2, -0.15) is 0 Å². The monoisotopic (exact) mass is 502 g/mol. The van der Waals surface area contributed by atoms with E-state index < -0.39 is 11.8 Å². The van der Waals surface area contributed by atoms with E-state index in [1.54, 1.807) is 12.1 Å². The molecule has 4 aromatic rings. The maximum atomic E-state index is 13.0. The molecule has 0 saturated heterocycles. The lowest BCUT2D eigenvalue weighted by atomic mass is 9.72. The third kappa shape index (κ3) is 4.88. The van der Waals surface area contributed by atoms with Gasteiger partial charge in [-0.1, -0.05) is 51.1 Å². The van der Waals surface area contributed by atoms with Crippen molar-refractivity contribution in [2.24, 2.45) is 17.1 Å². The van der Waals surface area contributed by atoms with Gasteiger partial charge in [-0.05, 0) is 71.2 Å². The number of hydrogen-bond acceptors (Lipinski definition) is 5. The molecule has 186 valence electrons. The molecule has 1 aliphatic rings. The van der Waals surface area contributed by atoms with Crippen LogP contribution in [-0.4, -0.2) is 11.8 Å². The fourth-order valence-corrected chi connectivity index (χ4v) is 6.16. The second-order valence-electron chi connectivity index (χ2n) is 10.4. The number of ether oxygens (including phenoxy) is 1. The Morgan fingerprint density at radius 2 is 1.89 bits per heavy atom. The van der Waals surface area contributed by atoms with Gasteiger partial charge < -0.3 is 20.2 Å². The van der Waals surface area contributed by atoms with Crippen LogP contribution in [-0.2, 0) is 19.4 Å². The van der Waals surface area contributed by atoms with Crippen molar-refractivity contribution in [1.29, 1.82) is 0 Å². The van der Waals surface area contributed by atoms with Crippen LogP contribution in [0.1, 0.15) is 64.3 Å². The molecule has 5 rings (SSSR count). The number of nitrogens with one attached hydrogen (secondary N) is 1. The topological polar surface area (TPSA) is 94.6 Å². The van der Waals surface area contributed by atoms with Gasteiger partial charge in [0.25, 0.3) is 11.8 Å². The maximum Gasteiger partial charge on any atom is 0.291 e. The molecule has 0 spiro atoms. The summed E-state index contributed by atoms with van der Waals surface area (Å²) in [6, 6.07) is 17.3. The molecule has 1 unspecified atom stereocenters. The molecule has 6 nitrogen and oxygen atoms in total. The molecule has 7 heteroatoms. The Hall–Kier alpha value is -3.58. The zero-order chi connectivity index (χ0) is 25.4. The van der Waals surface area contributed by atoms with Crippen LogP contribution in [0.3, 0.4) is 0 Å². The van der Waals surface area contributed by atoms with Gasteiger partial charge in [0.2, 0.25) is 0 Å². The summed E-state index contributed by atoms with van der Waals surface area (Å²) in [6.07, 6.45) is 2.68. The van der Waals surface area contributed by atoms with E-state index in [9.17, 15) is 9.59 Å². The fourth-order valence-electron chi connectivity index (χ4n) is 4.83. The third-order valence-electron chi connectivity index (χ3n) is 6.95. The summed E-state index contributed by atoms with van der Waals surface area (Å²) < 4.78 is 11.6. The van der Waals surface area contributed by atoms with E-state index in [1.165, 1.54) is 11.3 Å². The maximum absolute atomic E-state index is 13.0. The SMILES string of the molecule is CC(C)(C)C1CCc2c(sc(NC(=O)c3ccc(COc4ccc5ccccc5c4)o3)c2C(N)=O)C1. The average Bonchev–Trinajstić information content (AvgIpc) is 3.46. The first-order chi connectivity index (χ1) is 17.2. The summed E-state index contributed by atoms with van der Waals surface area (Å²) in [5, 5.41) is 5.60. The first kappa shape index (κ1) is 24.1. The number of carbonyl (C=O) groups excluding carboxylic acids is 2. The molecule has 36 heavy (non-hydrogen) atoms. The molecule has 0 saturated carbocycles. The van der Waals surface area contributed by atoms with Gasteiger partial charge in [0.15, 0.2) is 5.76 Å². The second-order valence-corrected chi connectivity index (χ2v) is 11.5. The first-order valence-corrected chi connectivity index (χ1v) is 13.0.